The Morgan fingerprint density at radius 2 is 2.10 bits per heavy atom. The second-order valence-corrected chi connectivity index (χ2v) is 7.72. The highest BCUT2D eigenvalue weighted by Gasteiger charge is 2.21. The molecule has 0 bridgehead atoms. The first-order valence-corrected chi connectivity index (χ1v) is 10.4. The highest BCUT2D eigenvalue weighted by atomic mass is 35.5. The summed E-state index contributed by atoms with van der Waals surface area (Å²) in [5, 5.41) is 9.55. The maximum absolute atomic E-state index is 13.8. The van der Waals surface area contributed by atoms with E-state index in [2.05, 4.69) is 30.9 Å². The van der Waals surface area contributed by atoms with E-state index in [9.17, 15) is 9.18 Å². The van der Waals surface area contributed by atoms with E-state index < -0.39 is 0 Å². The predicted octanol–water partition coefficient (Wildman–Crippen LogP) is 3.88. The fourth-order valence-electron chi connectivity index (χ4n) is 3.42. The zero-order valence-electron chi connectivity index (χ0n) is 16.7. The third kappa shape index (κ3) is 5.34. The summed E-state index contributed by atoms with van der Waals surface area (Å²) in [6.07, 6.45) is 6.43. The molecule has 1 aromatic carbocycles. The van der Waals surface area contributed by atoms with Gasteiger partial charge in [0.1, 0.15) is 17.5 Å². The molecule has 0 saturated carbocycles. The number of halogens is 2. The molecule has 1 aliphatic heterocycles. The molecule has 0 radical (unpaired) electrons. The molecule has 3 heterocycles. The maximum Gasteiger partial charge on any atom is 0.229 e. The van der Waals surface area contributed by atoms with Crippen molar-refractivity contribution in [3.05, 3.63) is 65.3 Å². The van der Waals surface area contributed by atoms with Gasteiger partial charge in [0, 0.05) is 30.4 Å². The molecule has 3 aromatic rings. The van der Waals surface area contributed by atoms with E-state index in [1.54, 1.807) is 36.7 Å². The molecule has 0 spiro atoms. The molecule has 9 heteroatoms. The van der Waals surface area contributed by atoms with Crippen LogP contribution in [0.4, 0.5) is 16.0 Å². The van der Waals surface area contributed by atoms with Crippen LogP contribution in [0.15, 0.2) is 48.9 Å². The van der Waals surface area contributed by atoms with Gasteiger partial charge in [0.15, 0.2) is 0 Å². The molecule has 31 heavy (non-hydrogen) atoms. The SMILES string of the molecule is O=C(Nc1cc(-c2cncc(NCc3ccccc3F)n2)c(Cl)cn1)[C@@H]1CCCNC1. The van der Waals surface area contributed by atoms with E-state index in [4.69, 9.17) is 11.6 Å². The number of aromatic nitrogens is 3. The minimum Gasteiger partial charge on any atom is -0.365 e. The van der Waals surface area contributed by atoms with Crippen molar-refractivity contribution in [3.63, 3.8) is 0 Å². The van der Waals surface area contributed by atoms with E-state index in [0.29, 0.717) is 40.0 Å². The van der Waals surface area contributed by atoms with Gasteiger partial charge in [-0.25, -0.2) is 14.4 Å². The highest BCUT2D eigenvalue weighted by molar-refractivity contribution is 6.33. The van der Waals surface area contributed by atoms with Gasteiger partial charge in [0.2, 0.25) is 5.91 Å². The van der Waals surface area contributed by atoms with Crippen LogP contribution in [0.25, 0.3) is 11.3 Å². The van der Waals surface area contributed by atoms with Gasteiger partial charge >= 0.3 is 0 Å². The molecule has 1 atom stereocenters. The van der Waals surface area contributed by atoms with Crippen molar-refractivity contribution in [2.24, 2.45) is 5.92 Å². The summed E-state index contributed by atoms with van der Waals surface area (Å²) in [4.78, 5) is 25.5. The first-order valence-electron chi connectivity index (χ1n) is 10.1. The summed E-state index contributed by atoms with van der Waals surface area (Å²) < 4.78 is 13.8. The number of benzene rings is 1. The van der Waals surface area contributed by atoms with Crippen molar-refractivity contribution in [1.29, 1.82) is 0 Å². The van der Waals surface area contributed by atoms with Crippen LogP contribution in [0.5, 0.6) is 0 Å². The topological polar surface area (TPSA) is 91.8 Å². The Morgan fingerprint density at radius 3 is 2.90 bits per heavy atom. The zero-order valence-corrected chi connectivity index (χ0v) is 17.5. The van der Waals surface area contributed by atoms with Crippen molar-refractivity contribution in [2.75, 3.05) is 23.7 Å². The lowest BCUT2D eigenvalue weighted by molar-refractivity contribution is -0.120. The predicted molar refractivity (Wildman–Crippen MR) is 118 cm³/mol. The Hall–Kier alpha value is -3.10. The number of rotatable bonds is 6. The molecule has 160 valence electrons. The van der Waals surface area contributed by atoms with E-state index in [1.807, 2.05) is 0 Å². The number of hydrogen-bond acceptors (Lipinski definition) is 6. The van der Waals surface area contributed by atoms with Crippen LogP contribution in [-0.4, -0.2) is 33.9 Å². The van der Waals surface area contributed by atoms with Crippen LogP contribution in [-0.2, 0) is 11.3 Å². The van der Waals surface area contributed by atoms with E-state index >= 15 is 0 Å². The average Bonchev–Trinajstić information content (AvgIpc) is 2.80. The first kappa shape index (κ1) is 21.1. The number of hydrogen-bond donors (Lipinski definition) is 3. The lowest BCUT2D eigenvalue weighted by Crippen LogP contribution is -2.37. The maximum atomic E-state index is 13.8. The molecule has 0 unspecified atom stereocenters. The van der Waals surface area contributed by atoms with Crippen LogP contribution in [0.3, 0.4) is 0 Å². The summed E-state index contributed by atoms with van der Waals surface area (Å²) in [5.41, 5.74) is 1.63. The van der Waals surface area contributed by atoms with E-state index in [0.717, 1.165) is 19.4 Å². The number of carbonyl (C=O) groups is 1. The Labute approximate surface area is 184 Å². The van der Waals surface area contributed by atoms with Gasteiger partial charge < -0.3 is 16.0 Å². The normalized spacial score (nSPS) is 16.0. The number of pyridine rings is 1. The number of carbonyl (C=O) groups excluding carboxylic acids is 1. The van der Waals surface area contributed by atoms with Gasteiger partial charge in [-0.2, -0.15) is 0 Å². The number of anilines is 2. The second-order valence-electron chi connectivity index (χ2n) is 7.32. The first-order chi connectivity index (χ1) is 15.1. The van der Waals surface area contributed by atoms with Crippen molar-refractivity contribution >= 4 is 29.1 Å². The Kier molecular flexibility index (Phi) is 6.69. The number of nitrogens with zero attached hydrogens (tertiary/aromatic N) is 3. The largest absolute Gasteiger partial charge is 0.365 e. The highest BCUT2D eigenvalue weighted by Crippen LogP contribution is 2.28. The molecular weight excluding hydrogens is 419 g/mol. The van der Waals surface area contributed by atoms with Gasteiger partial charge in [-0.3, -0.25) is 9.78 Å². The van der Waals surface area contributed by atoms with Gasteiger partial charge in [0.25, 0.3) is 0 Å². The minimum atomic E-state index is -0.287. The van der Waals surface area contributed by atoms with Gasteiger partial charge in [-0.15, -0.1) is 0 Å². The number of piperidine rings is 1. The molecule has 1 saturated heterocycles. The van der Waals surface area contributed by atoms with Crippen molar-refractivity contribution in [3.8, 4) is 11.3 Å². The van der Waals surface area contributed by atoms with Crippen molar-refractivity contribution in [1.82, 2.24) is 20.3 Å². The summed E-state index contributed by atoms with van der Waals surface area (Å²) in [5.74, 6) is 0.443. The van der Waals surface area contributed by atoms with Crippen molar-refractivity contribution < 1.29 is 9.18 Å². The Bertz CT molecular complexity index is 1070. The van der Waals surface area contributed by atoms with Crippen LogP contribution in [0.1, 0.15) is 18.4 Å². The van der Waals surface area contributed by atoms with Gasteiger partial charge in [-0.1, -0.05) is 29.8 Å². The molecular formula is C22H22ClFN6O. The summed E-state index contributed by atoms with van der Waals surface area (Å²) in [7, 11) is 0. The van der Waals surface area contributed by atoms with Crippen LogP contribution in [0.2, 0.25) is 5.02 Å². The number of nitrogens with one attached hydrogen (secondary N) is 3. The Balaban J connectivity index is 1.49. The van der Waals surface area contributed by atoms with Gasteiger partial charge in [0.05, 0.1) is 29.0 Å². The molecule has 1 aliphatic rings. The molecule has 7 nitrogen and oxygen atoms in total. The van der Waals surface area contributed by atoms with Gasteiger partial charge in [-0.05, 0) is 31.5 Å². The molecule has 3 N–H and O–H groups in total. The molecule has 0 aliphatic carbocycles. The van der Waals surface area contributed by atoms with Crippen LogP contribution < -0.4 is 16.0 Å². The minimum absolute atomic E-state index is 0.0700. The quantitative estimate of drug-likeness (QED) is 0.538. The lowest BCUT2D eigenvalue weighted by atomic mass is 9.99. The molecule has 1 amide bonds. The monoisotopic (exact) mass is 440 g/mol. The molecule has 4 rings (SSSR count). The zero-order chi connectivity index (χ0) is 21.6. The van der Waals surface area contributed by atoms with Crippen LogP contribution in [0, 0.1) is 11.7 Å². The van der Waals surface area contributed by atoms with Crippen LogP contribution >= 0.6 is 11.6 Å². The fourth-order valence-corrected chi connectivity index (χ4v) is 3.62. The summed E-state index contributed by atoms with van der Waals surface area (Å²) >= 11 is 6.34. The second kappa shape index (κ2) is 9.80. The van der Waals surface area contributed by atoms with E-state index in [-0.39, 0.29) is 24.2 Å². The smallest absolute Gasteiger partial charge is 0.229 e. The number of amides is 1. The molecule has 2 aromatic heterocycles. The molecule has 1 fully saturated rings. The Morgan fingerprint density at radius 1 is 1.23 bits per heavy atom. The summed E-state index contributed by atoms with van der Waals surface area (Å²) in [6.45, 7) is 1.87. The average molecular weight is 441 g/mol. The lowest BCUT2D eigenvalue weighted by Gasteiger charge is -2.21. The van der Waals surface area contributed by atoms with E-state index in [1.165, 1.54) is 12.3 Å². The third-order valence-electron chi connectivity index (χ3n) is 5.10. The fraction of sp³-hybridized carbons (Fsp3) is 0.273. The summed E-state index contributed by atoms with van der Waals surface area (Å²) in [6, 6.07) is 8.22. The standard InChI is InChI=1S/C22H22ClFN6O/c23-17-11-28-20(30-22(31)15-5-3-7-25-9-15)8-16(17)19-12-26-13-21(29-19)27-10-14-4-1-2-6-18(14)24/h1-2,4,6,8,11-13,15,25H,3,5,7,9-10H2,(H,27,29)(H,28,30,31)/t15-/m1/s1. The third-order valence-corrected chi connectivity index (χ3v) is 5.40. The van der Waals surface area contributed by atoms with Crippen molar-refractivity contribution in [2.45, 2.75) is 19.4 Å².